The van der Waals surface area contributed by atoms with Gasteiger partial charge in [0.15, 0.2) is 0 Å². The van der Waals surface area contributed by atoms with Crippen LogP contribution in [0.4, 0.5) is 0 Å². The highest BCUT2D eigenvalue weighted by Gasteiger charge is 2.26. The Morgan fingerprint density at radius 2 is 1.68 bits per heavy atom. The summed E-state index contributed by atoms with van der Waals surface area (Å²) >= 11 is 5.90. The van der Waals surface area contributed by atoms with Crippen LogP contribution < -0.4 is 10.6 Å². The van der Waals surface area contributed by atoms with Crippen molar-refractivity contribution in [1.29, 1.82) is 0 Å². The molecule has 2 amide bonds. The molecule has 0 saturated carbocycles. The molecule has 0 fully saturated rings. The van der Waals surface area contributed by atoms with E-state index in [1.54, 1.807) is 19.1 Å². The van der Waals surface area contributed by atoms with Crippen molar-refractivity contribution >= 4 is 23.4 Å². The second-order valence-corrected chi connectivity index (χ2v) is 6.23. The van der Waals surface area contributed by atoms with Gasteiger partial charge in [-0.1, -0.05) is 44.5 Å². The van der Waals surface area contributed by atoms with Gasteiger partial charge >= 0.3 is 0 Å². The van der Waals surface area contributed by atoms with Gasteiger partial charge in [-0.2, -0.15) is 0 Å². The molecule has 0 radical (unpaired) electrons. The lowest BCUT2D eigenvalue weighted by molar-refractivity contribution is -0.129. The summed E-state index contributed by atoms with van der Waals surface area (Å²) in [6, 6.07) is 6.71. The minimum absolute atomic E-state index is 0.118. The molecule has 0 bridgehead atoms. The number of carbonyl (C=O) groups excluding carboxylic acids is 2. The van der Waals surface area contributed by atoms with Crippen LogP contribution >= 0.6 is 11.6 Å². The van der Waals surface area contributed by atoms with E-state index < -0.39 is 6.04 Å². The van der Waals surface area contributed by atoms with Gasteiger partial charge < -0.3 is 10.6 Å². The van der Waals surface area contributed by atoms with Gasteiger partial charge in [-0.05, 0) is 37.0 Å². The Kier molecular flexibility index (Phi) is 7.39. The maximum Gasteiger partial charge on any atom is 0.242 e. The molecule has 0 unspecified atom stereocenters. The van der Waals surface area contributed by atoms with Crippen LogP contribution in [0.3, 0.4) is 0 Å². The summed E-state index contributed by atoms with van der Waals surface area (Å²) in [5.41, 5.74) is 0.901. The summed E-state index contributed by atoms with van der Waals surface area (Å²) in [6.07, 6.45) is 0.867. The van der Waals surface area contributed by atoms with Crippen LogP contribution in [0, 0.1) is 5.92 Å². The average Bonchev–Trinajstić information content (AvgIpc) is 2.46. The van der Waals surface area contributed by atoms with Crippen molar-refractivity contribution in [2.45, 2.75) is 46.1 Å². The zero-order valence-corrected chi connectivity index (χ0v) is 14.4. The third-order valence-corrected chi connectivity index (χ3v) is 3.73. The lowest BCUT2D eigenvalue weighted by Crippen LogP contribution is -2.47. The number of nitrogens with one attached hydrogen (secondary N) is 2. The van der Waals surface area contributed by atoms with E-state index in [4.69, 9.17) is 11.6 Å². The van der Waals surface area contributed by atoms with E-state index >= 15 is 0 Å². The highest BCUT2D eigenvalue weighted by molar-refractivity contribution is 6.30. The summed E-state index contributed by atoms with van der Waals surface area (Å²) in [5.74, 6) is -0.490. The fourth-order valence-corrected chi connectivity index (χ4v) is 2.41. The zero-order chi connectivity index (χ0) is 16.7. The molecule has 1 aromatic rings. The van der Waals surface area contributed by atoms with Crippen LogP contribution in [-0.2, 0) is 9.59 Å². The number of carbonyl (C=O) groups is 2. The molecule has 0 aliphatic heterocycles. The summed E-state index contributed by atoms with van der Waals surface area (Å²) in [6.45, 7) is 8.27. The van der Waals surface area contributed by atoms with E-state index in [1.165, 1.54) is 0 Å². The highest BCUT2D eigenvalue weighted by atomic mass is 35.5. The monoisotopic (exact) mass is 324 g/mol. The maximum atomic E-state index is 12.5. The predicted octanol–water partition coefficient (Wildman–Crippen LogP) is 3.11. The van der Waals surface area contributed by atoms with E-state index in [2.05, 4.69) is 10.6 Å². The quantitative estimate of drug-likeness (QED) is 0.809. The summed E-state index contributed by atoms with van der Waals surface area (Å²) in [4.78, 5) is 24.4. The number of amides is 2. The molecular formula is C17H25ClN2O2. The Morgan fingerprint density at radius 1 is 1.09 bits per heavy atom. The number of halogens is 1. The van der Waals surface area contributed by atoms with Gasteiger partial charge in [0.2, 0.25) is 11.8 Å². The molecule has 122 valence electrons. The molecule has 0 saturated heterocycles. The molecule has 0 aliphatic rings. The Morgan fingerprint density at radius 3 is 2.18 bits per heavy atom. The lowest BCUT2D eigenvalue weighted by Gasteiger charge is -2.23. The van der Waals surface area contributed by atoms with E-state index in [1.807, 2.05) is 32.9 Å². The van der Waals surface area contributed by atoms with Crippen molar-refractivity contribution in [3.8, 4) is 0 Å². The standard InChI is InChI=1S/C17H25ClN2O2/c1-5-10-19-16(21)12(4)20-17(22)15(11(2)3)13-6-8-14(18)9-7-13/h6-9,11-12,15H,5,10H2,1-4H3,(H,19,21)(H,20,22)/t12-,15+/m0/s1. The third kappa shape index (κ3) is 5.34. The molecule has 5 heteroatoms. The number of rotatable bonds is 7. The van der Waals surface area contributed by atoms with Crippen LogP contribution in [-0.4, -0.2) is 24.4 Å². The first kappa shape index (κ1) is 18.5. The number of hydrogen-bond donors (Lipinski definition) is 2. The van der Waals surface area contributed by atoms with Crippen LogP contribution in [0.1, 0.15) is 45.6 Å². The topological polar surface area (TPSA) is 58.2 Å². The third-order valence-electron chi connectivity index (χ3n) is 3.48. The van der Waals surface area contributed by atoms with Gasteiger partial charge in [0, 0.05) is 11.6 Å². The normalized spacial score (nSPS) is 13.5. The molecule has 0 heterocycles. The van der Waals surface area contributed by atoms with Crippen LogP contribution in [0.2, 0.25) is 5.02 Å². The zero-order valence-electron chi connectivity index (χ0n) is 13.7. The van der Waals surface area contributed by atoms with Crippen molar-refractivity contribution in [2.24, 2.45) is 5.92 Å². The lowest BCUT2D eigenvalue weighted by atomic mass is 9.87. The van der Waals surface area contributed by atoms with Gasteiger partial charge in [-0.25, -0.2) is 0 Å². The minimum Gasteiger partial charge on any atom is -0.354 e. The molecule has 0 aromatic heterocycles. The average molecular weight is 325 g/mol. The van der Waals surface area contributed by atoms with Gasteiger partial charge in [0.25, 0.3) is 0 Å². The van der Waals surface area contributed by atoms with Crippen molar-refractivity contribution < 1.29 is 9.59 Å². The first-order valence-electron chi connectivity index (χ1n) is 7.70. The van der Waals surface area contributed by atoms with E-state index in [9.17, 15) is 9.59 Å². The van der Waals surface area contributed by atoms with Gasteiger partial charge in [-0.3, -0.25) is 9.59 Å². The molecule has 2 N–H and O–H groups in total. The Hall–Kier alpha value is -1.55. The molecular weight excluding hydrogens is 300 g/mol. The minimum atomic E-state index is -0.549. The van der Waals surface area contributed by atoms with Crippen LogP contribution in [0.15, 0.2) is 24.3 Å². The van der Waals surface area contributed by atoms with Gasteiger partial charge in [-0.15, -0.1) is 0 Å². The van der Waals surface area contributed by atoms with Crippen LogP contribution in [0.5, 0.6) is 0 Å². The molecule has 4 nitrogen and oxygen atoms in total. The molecule has 2 atom stereocenters. The Balaban J connectivity index is 2.78. The fourth-order valence-electron chi connectivity index (χ4n) is 2.28. The molecule has 1 aromatic carbocycles. The van der Waals surface area contributed by atoms with Gasteiger partial charge in [0.05, 0.1) is 5.92 Å². The van der Waals surface area contributed by atoms with Crippen molar-refractivity contribution in [1.82, 2.24) is 10.6 Å². The summed E-state index contributed by atoms with van der Waals surface area (Å²) < 4.78 is 0. The molecule has 0 spiro atoms. The summed E-state index contributed by atoms with van der Waals surface area (Å²) in [5, 5.41) is 6.22. The Bertz CT molecular complexity index is 500. The number of hydrogen-bond acceptors (Lipinski definition) is 2. The van der Waals surface area contributed by atoms with E-state index in [-0.39, 0.29) is 23.7 Å². The van der Waals surface area contributed by atoms with Gasteiger partial charge in [0.1, 0.15) is 6.04 Å². The molecule has 1 rings (SSSR count). The summed E-state index contributed by atoms with van der Waals surface area (Å²) in [7, 11) is 0. The van der Waals surface area contributed by atoms with E-state index in [0.29, 0.717) is 11.6 Å². The van der Waals surface area contributed by atoms with E-state index in [0.717, 1.165) is 12.0 Å². The Labute approximate surface area is 137 Å². The van der Waals surface area contributed by atoms with Crippen molar-refractivity contribution in [2.75, 3.05) is 6.54 Å². The maximum absolute atomic E-state index is 12.5. The van der Waals surface area contributed by atoms with Crippen molar-refractivity contribution in [3.05, 3.63) is 34.9 Å². The fraction of sp³-hybridized carbons (Fsp3) is 0.529. The smallest absolute Gasteiger partial charge is 0.242 e. The molecule has 0 aliphatic carbocycles. The predicted molar refractivity (Wildman–Crippen MR) is 89.9 cm³/mol. The largest absolute Gasteiger partial charge is 0.354 e. The van der Waals surface area contributed by atoms with Crippen LogP contribution in [0.25, 0.3) is 0 Å². The SMILES string of the molecule is CCCNC(=O)[C@H](C)NC(=O)[C@@H](c1ccc(Cl)cc1)C(C)C. The second kappa shape index (κ2) is 8.79. The highest BCUT2D eigenvalue weighted by Crippen LogP contribution is 2.26. The number of benzene rings is 1. The second-order valence-electron chi connectivity index (χ2n) is 5.79. The molecule has 22 heavy (non-hydrogen) atoms. The van der Waals surface area contributed by atoms with Crippen molar-refractivity contribution in [3.63, 3.8) is 0 Å². The first-order chi connectivity index (χ1) is 10.4. The first-order valence-corrected chi connectivity index (χ1v) is 8.08.